The second-order valence-electron chi connectivity index (χ2n) is 7.33. The van der Waals surface area contributed by atoms with Crippen molar-refractivity contribution in [3.63, 3.8) is 0 Å². The van der Waals surface area contributed by atoms with Gasteiger partial charge in [0, 0.05) is 5.41 Å². The van der Waals surface area contributed by atoms with Gasteiger partial charge in [0.2, 0.25) is 0 Å². The number of hydrogen-bond acceptors (Lipinski definition) is 0. The van der Waals surface area contributed by atoms with E-state index in [-0.39, 0.29) is 5.41 Å². The summed E-state index contributed by atoms with van der Waals surface area (Å²) < 4.78 is 0. The molecule has 2 aromatic rings. The van der Waals surface area contributed by atoms with Crippen LogP contribution in [0.4, 0.5) is 0 Å². The van der Waals surface area contributed by atoms with Crippen molar-refractivity contribution in [2.75, 3.05) is 0 Å². The Hall–Kier alpha value is -2.34. The normalized spacial score (nSPS) is 23.0. The van der Waals surface area contributed by atoms with Crippen molar-refractivity contribution in [3.05, 3.63) is 96.6 Å². The van der Waals surface area contributed by atoms with E-state index in [9.17, 15) is 0 Å². The van der Waals surface area contributed by atoms with Crippen LogP contribution in [0.25, 0.3) is 12.2 Å². The Labute approximate surface area is 152 Å². The van der Waals surface area contributed by atoms with Crippen LogP contribution < -0.4 is 0 Å². The van der Waals surface area contributed by atoms with Crippen molar-refractivity contribution in [1.82, 2.24) is 0 Å². The van der Waals surface area contributed by atoms with E-state index >= 15 is 0 Å². The van der Waals surface area contributed by atoms with E-state index in [1.54, 1.807) is 0 Å². The van der Waals surface area contributed by atoms with E-state index in [1.807, 2.05) is 0 Å². The molecule has 128 valence electrons. The second-order valence-corrected chi connectivity index (χ2v) is 7.33. The van der Waals surface area contributed by atoms with Crippen LogP contribution in [-0.4, -0.2) is 0 Å². The van der Waals surface area contributed by atoms with E-state index in [0.29, 0.717) is 17.8 Å². The number of rotatable bonds is 7. The lowest BCUT2D eigenvalue weighted by atomic mass is 9.94. The molecule has 1 aliphatic carbocycles. The average molecular weight is 328 g/mol. The number of hydrogen-bond donors (Lipinski definition) is 0. The average Bonchev–Trinajstić information content (AvgIpc) is 3.22. The molecule has 0 saturated heterocycles. The molecular weight excluding hydrogens is 300 g/mol. The Morgan fingerprint density at radius 1 is 0.920 bits per heavy atom. The SMILES string of the molecule is C=C[C@H](C)C[C@H]1[C@@H](C)C1(/C=C/c1ccccc1)/C=C/c1ccccc1. The molecule has 2 aromatic carbocycles. The molecule has 0 spiro atoms. The minimum absolute atomic E-state index is 0.156. The van der Waals surface area contributed by atoms with Gasteiger partial charge in [0.1, 0.15) is 0 Å². The first-order valence-electron chi connectivity index (χ1n) is 9.27. The molecule has 0 aliphatic heterocycles. The zero-order chi connectivity index (χ0) is 17.7. The number of benzene rings is 2. The summed E-state index contributed by atoms with van der Waals surface area (Å²) >= 11 is 0. The third-order valence-electron chi connectivity index (χ3n) is 5.68. The van der Waals surface area contributed by atoms with Gasteiger partial charge in [-0.1, -0.05) is 105 Å². The Morgan fingerprint density at radius 2 is 1.40 bits per heavy atom. The lowest BCUT2D eigenvalue weighted by Gasteiger charge is -2.10. The van der Waals surface area contributed by atoms with Crippen LogP contribution in [0.5, 0.6) is 0 Å². The van der Waals surface area contributed by atoms with Gasteiger partial charge in [-0.15, -0.1) is 6.58 Å². The predicted molar refractivity (Wildman–Crippen MR) is 110 cm³/mol. The third kappa shape index (κ3) is 4.02. The van der Waals surface area contributed by atoms with Crippen molar-refractivity contribution < 1.29 is 0 Å². The first-order valence-corrected chi connectivity index (χ1v) is 9.27. The Morgan fingerprint density at radius 3 is 1.84 bits per heavy atom. The Balaban J connectivity index is 1.85. The van der Waals surface area contributed by atoms with Gasteiger partial charge in [-0.05, 0) is 35.3 Å². The zero-order valence-corrected chi connectivity index (χ0v) is 15.3. The van der Waals surface area contributed by atoms with E-state index < -0.39 is 0 Å². The van der Waals surface area contributed by atoms with Gasteiger partial charge in [0.15, 0.2) is 0 Å². The summed E-state index contributed by atoms with van der Waals surface area (Å²) in [4.78, 5) is 0. The largest absolute Gasteiger partial charge is 0.103 e. The molecule has 3 atom stereocenters. The molecule has 0 nitrogen and oxygen atoms in total. The van der Waals surface area contributed by atoms with Crippen LogP contribution in [0.15, 0.2) is 85.5 Å². The van der Waals surface area contributed by atoms with Crippen LogP contribution in [0, 0.1) is 23.2 Å². The van der Waals surface area contributed by atoms with Crippen LogP contribution in [-0.2, 0) is 0 Å². The molecule has 1 fully saturated rings. The highest BCUT2D eigenvalue weighted by Gasteiger charge is 2.57. The van der Waals surface area contributed by atoms with Crippen molar-refractivity contribution in [3.8, 4) is 0 Å². The lowest BCUT2D eigenvalue weighted by molar-refractivity contribution is 0.539. The summed E-state index contributed by atoms with van der Waals surface area (Å²) in [5.74, 6) is 1.90. The fourth-order valence-corrected chi connectivity index (χ4v) is 3.83. The van der Waals surface area contributed by atoms with Crippen molar-refractivity contribution in [2.45, 2.75) is 20.3 Å². The second kappa shape index (κ2) is 7.70. The third-order valence-corrected chi connectivity index (χ3v) is 5.68. The van der Waals surface area contributed by atoms with E-state index in [4.69, 9.17) is 0 Å². The Bertz CT molecular complexity index is 687. The molecule has 1 aliphatic rings. The summed E-state index contributed by atoms with van der Waals surface area (Å²) in [5.41, 5.74) is 2.69. The fraction of sp³-hybridized carbons (Fsp3) is 0.280. The maximum absolute atomic E-state index is 3.97. The van der Waals surface area contributed by atoms with Crippen LogP contribution >= 0.6 is 0 Å². The summed E-state index contributed by atoms with van der Waals surface area (Å²) in [7, 11) is 0. The lowest BCUT2D eigenvalue weighted by Crippen LogP contribution is -2.00. The number of allylic oxidation sites excluding steroid dienone is 3. The van der Waals surface area contributed by atoms with Crippen LogP contribution in [0.3, 0.4) is 0 Å². The summed E-state index contributed by atoms with van der Waals surface area (Å²) in [5, 5.41) is 0. The minimum atomic E-state index is 0.156. The molecular formula is C25H28. The Kier molecular flexibility index (Phi) is 5.38. The molecule has 0 bridgehead atoms. The molecule has 0 heterocycles. The molecule has 0 unspecified atom stereocenters. The van der Waals surface area contributed by atoms with Gasteiger partial charge in [0.25, 0.3) is 0 Å². The molecule has 3 rings (SSSR count). The minimum Gasteiger partial charge on any atom is -0.103 e. The first-order chi connectivity index (χ1) is 12.2. The molecule has 0 heteroatoms. The van der Waals surface area contributed by atoms with Crippen molar-refractivity contribution in [2.24, 2.45) is 23.2 Å². The van der Waals surface area contributed by atoms with Gasteiger partial charge >= 0.3 is 0 Å². The van der Waals surface area contributed by atoms with Crippen LogP contribution in [0.2, 0.25) is 0 Å². The van der Waals surface area contributed by atoms with Gasteiger partial charge in [0.05, 0.1) is 0 Å². The first kappa shape index (κ1) is 17.5. The van der Waals surface area contributed by atoms with Crippen molar-refractivity contribution in [1.29, 1.82) is 0 Å². The summed E-state index contributed by atoms with van der Waals surface area (Å²) in [6.07, 6.45) is 12.7. The maximum Gasteiger partial charge on any atom is 0.0128 e. The van der Waals surface area contributed by atoms with Gasteiger partial charge in [-0.3, -0.25) is 0 Å². The highest BCUT2D eigenvalue weighted by atomic mass is 14.6. The smallest absolute Gasteiger partial charge is 0.0128 e. The predicted octanol–water partition coefficient (Wildman–Crippen LogP) is 6.88. The molecule has 0 aromatic heterocycles. The highest BCUT2D eigenvalue weighted by Crippen LogP contribution is 2.63. The summed E-state index contributed by atoms with van der Waals surface area (Å²) in [6.45, 7) is 8.61. The topological polar surface area (TPSA) is 0 Å². The fourth-order valence-electron chi connectivity index (χ4n) is 3.83. The van der Waals surface area contributed by atoms with E-state index in [2.05, 4.69) is 111 Å². The molecule has 25 heavy (non-hydrogen) atoms. The quantitative estimate of drug-likeness (QED) is 0.486. The zero-order valence-electron chi connectivity index (χ0n) is 15.3. The van der Waals surface area contributed by atoms with E-state index in [0.717, 1.165) is 0 Å². The molecule has 0 amide bonds. The van der Waals surface area contributed by atoms with E-state index in [1.165, 1.54) is 17.5 Å². The molecule has 1 saturated carbocycles. The van der Waals surface area contributed by atoms with Crippen molar-refractivity contribution >= 4 is 12.2 Å². The highest BCUT2D eigenvalue weighted by molar-refractivity contribution is 5.57. The maximum atomic E-state index is 3.97. The summed E-state index contributed by atoms with van der Waals surface area (Å²) in [6, 6.07) is 21.2. The molecule has 0 radical (unpaired) electrons. The monoisotopic (exact) mass is 328 g/mol. The van der Waals surface area contributed by atoms with Gasteiger partial charge in [-0.2, -0.15) is 0 Å². The van der Waals surface area contributed by atoms with Crippen LogP contribution in [0.1, 0.15) is 31.4 Å². The standard InChI is InChI=1S/C25H28/c1-4-20(2)19-24-21(3)25(24,17-15-22-11-7-5-8-12-22)18-16-23-13-9-6-10-14-23/h4-18,20-21,24H,1,19H2,2-3H3/b17-15+,18-16+/t20-,21+,24-/m0/s1. The molecule has 0 N–H and O–H groups in total. The van der Waals surface area contributed by atoms with Gasteiger partial charge < -0.3 is 0 Å². The van der Waals surface area contributed by atoms with Gasteiger partial charge in [-0.25, -0.2) is 0 Å².